The van der Waals surface area contributed by atoms with E-state index in [1.165, 1.54) is 0 Å². The number of nitriles is 2. The Morgan fingerprint density at radius 1 is 0.727 bits per heavy atom. The monoisotopic (exact) mass is 446 g/mol. The van der Waals surface area contributed by atoms with Gasteiger partial charge in [0.25, 0.3) is 0 Å². The normalized spacial score (nSPS) is 22.1. The van der Waals surface area contributed by atoms with Crippen LogP contribution >= 0.6 is 0 Å². The molecule has 2 aliphatic rings. The molecule has 0 saturated carbocycles. The van der Waals surface area contributed by atoms with Gasteiger partial charge in [-0.05, 0) is 33.4 Å². The second-order valence-corrected chi connectivity index (χ2v) is 8.70. The van der Waals surface area contributed by atoms with Gasteiger partial charge in [0.05, 0.1) is 0 Å². The lowest BCUT2D eigenvalue weighted by atomic mass is 10.1. The minimum atomic E-state index is 0.391. The third-order valence-corrected chi connectivity index (χ3v) is 6.59. The number of hydrogen-bond acceptors (Lipinski definition) is 10. The third kappa shape index (κ3) is 5.19. The smallest absolute Gasteiger partial charge is 0.183 e. The van der Waals surface area contributed by atoms with Crippen LogP contribution < -0.4 is 9.80 Å². The van der Waals surface area contributed by atoms with Gasteiger partial charge >= 0.3 is 0 Å². The van der Waals surface area contributed by atoms with E-state index in [0.29, 0.717) is 35.1 Å². The predicted molar refractivity (Wildman–Crippen MR) is 125 cm³/mol. The summed E-state index contributed by atoms with van der Waals surface area (Å²) in [4.78, 5) is 26.5. The van der Waals surface area contributed by atoms with E-state index in [9.17, 15) is 10.5 Å². The standard InChI is InChI=1S/C23H30N10/c1-18-16-32(22-20(14-24)26-4-6-28-22)12-10-30(18)8-3-9-31-11-13-33(17-19(31)2)23-21(15-25)27-5-7-29-23/h4-7,18-19H,3,8-13,16-17H2,1-2H3. The highest BCUT2D eigenvalue weighted by atomic mass is 15.3. The molecule has 2 aromatic rings. The summed E-state index contributed by atoms with van der Waals surface area (Å²) in [6.45, 7) is 11.9. The molecular weight excluding hydrogens is 416 g/mol. The Labute approximate surface area is 195 Å². The molecule has 2 unspecified atom stereocenters. The minimum Gasteiger partial charge on any atom is -0.351 e. The number of hydrogen-bond donors (Lipinski definition) is 0. The molecule has 0 N–H and O–H groups in total. The molecule has 0 bridgehead atoms. The van der Waals surface area contributed by atoms with E-state index in [-0.39, 0.29) is 0 Å². The summed E-state index contributed by atoms with van der Waals surface area (Å²) in [5.74, 6) is 1.39. The van der Waals surface area contributed by atoms with Gasteiger partial charge in [-0.15, -0.1) is 0 Å². The summed E-state index contributed by atoms with van der Waals surface area (Å²) < 4.78 is 0. The molecule has 4 heterocycles. The van der Waals surface area contributed by atoms with Crippen molar-refractivity contribution in [2.45, 2.75) is 32.4 Å². The summed E-state index contributed by atoms with van der Waals surface area (Å²) in [5.41, 5.74) is 0.796. The van der Waals surface area contributed by atoms with Crippen LogP contribution in [0, 0.1) is 22.7 Å². The van der Waals surface area contributed by atoms with Crippen molar-refractivity contribution in [1.82, 2.24) is 29.7 Å². The number of rotatable bonds is 6. The van der Waals surface area contributed by atoms with Crippen molar-refractivity contribution < 1.29 is 0 Å². The molecule has 0 amide bonds. The van der Waals surface area contributed by atoms with Crippen molar-refractivity contribution >= 4 is 11.6 Å². The summed E-state index contributed by atoms with van der Waals surface area (Å²) in [5, 5.41) is 18.6. The number of anilines is 2. The molecule has 0 spiro atoms. The fourth-order valence-electron chi connectivity index (χ4n) is 4.80. The Morgan fingerprint density at radius 2 is 1.15 bits per heavy atom. The maximum Gasteiger partial charge on any atom is 0.183 e. The van der Waals surface area contributed by atoms with Gasteiger partial charge in [0, 0.05) is 76.1 Å². The average molecular weight is 447 g/mol. The van der Waals surface area contributed by atoms with Crippen molar-refractivity contribution in [2.24, 2.45) is 0 Å². The fourth-order valence-corrected chi connectivity index (χ4v) is 4.80. The third-order valence-electron chi connectivity index (χ3n) is 6.59. The molecule has 172 valence electrons. The quantitative estimate of drug-likeness (QED) is 0.640. The molecule has 0 aliphatic carbocycles. The molecule has 4 rings (SSSR count). The van der Waals surface area contributed by atoms with E-state index in [0.717, 1.165) is 58.8 Å². The van der Waals surface area contributed by atoms with Crippen molar-refractivity contribution in [3.05, 3.63) is 36.2 Å². The minimum absolute atomic E-state index is 0.391. The van der Waals surface area contributed by atoms with Crippen LogP contribution in [0.1, 0.15) is 31.7 Å². The van der Waals surface area contributed by atoms with Crippen LogP contribution in [-0.4, -0.2) is 94.2 Å². The average Bonchev–Trinajstić information content (AvgIpc) is 2.85. The van der Waals surface area contributed by atoms with Gasteiger partial charge in [0.15, 0.2) is 23.0 Å². The maximum atomic E-state index is 9.32. The van der Waals surface area contributed by atoms with Gasteiger partial charge in [-0.2, -0.15) is 10.5 Å². The highest BCUT2D eigenvalue weighted by Gasteiger charge is 2.28. The Hall–Kier alpha value is -3.34. The lowest BCUT2D eigenvalue weighted by Crippen LogP contribution is -2.54. The zero-order chi connectivity index (χ0) is 23.2. The molecule has 2 saturated heterocycles. The highest BCUT2D eigenvalue weighted by Crippen LogP contribution is 2.21. The molecule has 2 fully saturated rings. The maximum absolute atomic E-state index is 9.32. The molecule has 2 atom stereocenters. The zero-order valence-corrected chi connectivity index (χ0v) is 19.3. The number of nitrogens with zero attached hydrogens (tertiary/aromatic N) is 10. The zero-order valence-electron chi connectivity index (χ0n) is 19.3. The van der Waals surface area contributed by atoms with E-state index in [2.05, 4.69) is 65.5 Å². The number of aromatic nitrogens is 4. The fraction of sp³-hybridized carbons (Fsp3) is 0.565. The van der Waals surface area contributed by atoms with E-state index >= 15 is 0 Å². The van der Waals surface area contributed by atoms with Crippen LogP contribution in [0.5, 0.6) is 0 Å². The second kappa shape index (κ2) is 10.5. The molecule has 10 nitrogen and oxygen atoms in total. The molecule has 2 aliphatic heterocycles. The van der Waals surface area contributed by atoms with E-state index in [4.69, 9.17) is 0 Å². The first kappa shape index (κ1) is 22.8. The molecule has 33 heavy (non-hydrogen) atoms. The predicted octanol–water partition coefficient (Wildman–Crippen LogP) is 1.12. The first-order valence-corrected chi connectivity index (χ1v) is 11.5. The van der Waals surface area contributed by atoms with Crippen LogP contribution in [0.3, 0.4) is 0 Å². The van der Waals surface area contributed by atoms with Gasteiger partial charge in [-0.25, -0.2) is 19.9 Å². The second-order valence-electron chi connectivity index (χ2n) is 8.70. The SMILES string of the molecule is CC1CN(c2nccnc2C#N)CCN1CCCN1CCN(c2nccnc2C#N)CC1C. The highest BCUT2D eigenvalue weighted by molar-refractivity contribution is 5.50. The van der Waals surface area contributed by atoms with Crippen LogP contribution in [0.15, 0.2) is 24.8 Å². The lowest BCUT2D eigenvalue weighted by molar-refractivity contribution is 0.151. The van der Waals surface area contributed by atoms with E-state index in [1.807, 2.05) is 0 Å². The van der Waals surface area contributed by atoms with Gasteiger partial charge in [-0.3, -0.25) is 9.80 Å². The van der Waals surface area contributed by atoms with Gasteiger partial charge in [0.2, 0.25) is 0 Å². The molecule has 2 aromatic heterocycles. The van der Waals surface area contributed by atoms with Crippen molar-refractivity contribution in [3.63, 3.8) is 0 Å². The van der Waals surface area contributed by atoms with Crippen LogP contribution in [-0.2, 0) is 0 Å². The molecular formula is C23H30N10. The van der Waals surface area contributed by atoms with Gasteiger partial charge in [-0.1, -0.05) is 0 Å². The van der Waals surface area contributed by atoms with E-state index < -0.39 is 0 Å². The van der Waals surface area contributed by atoms with Crippen molar-refractivity contribution in [2.75, 3.05) is 62.2 Å². The van der Waals surface area contributed by atoms with E-state index in [1.54, 1.807) is 24.8 Å². The summed E-state index contributed by atoms with van der Waals surface area (Å²) >= 11 is 0. The van der Waals surface area contributed by atoms with Crippen molar-refractivity contribution in [1.29, 1.82) is 10.5 Å². The van der Waals surface area contributed by atoms with Gasteiger partial charge in [0.1, 0.15) is 12.1 Å². The largest absolute Gasteiger partial charge is 0.351 e. The summed E-state index contributed by atoms with van der Waals surface area (Å²) in [7, 11) is 0. The topological polar surface area (TPSA) is 112 Å². The van der Waals surface area contributed by atoms with Gasteiger partial charge < -0.3 is 9.80 Å². The molecule has 0 aromatic carbocycles. The molecule has 10 heteroatoms. The van der Waals surface area contributed by atoms with Crippen LogP contribution in [0.4, 0.5) is 11.6 Å². The Kier molecular flexibility index (Phi) is 7.28. The van der Waals surface area contributed by atoms with Crippen molar-refractivity contribution in [3.8, 4) is 12.1 Å². The first-order valence-electron chi connectivity index (χ1n) is 11.5. The Bertz CT molecular complexity index is 947. The van der Waals surface area contributed by atoms with Crippen LogP contribution in [0.25, 0.3) is 0 Å². The summed E-state index contributed by atoms with van der Waals surface area (Å²) in [6, 6.07) is 5.09. The number of piperazine rings is 2. The Morgan fingerprint density at radius 3 is 1.55 bits per heavy atom. The summed E-state index contributed by atoms with van der Waals surface area (Å²) in [6.07, 6.45) is 7.55. The first-order chi connectivity index (χ1) is 16.1. The molecule has 0 radical (unpaired) electrons. The van der Waals surface area contributed by atoms with Crippen LogP contribution in [0.2, 0.25) is 0 Å². The Balaban J connectivity index is 1.24. The lowest BCUT2D eigenvalue weighted by Gasteiger charge is -2.42.